The van der Waals surface area contributed by atoms with Crippen molar-refractivity contribution in [3.63, 3.8) is 0 Å². The van der Waals surface area contributed by atoms with Gasteiger partial charge in [-0.05, 0) is 31.4 Å². The van der Waals surface area contributed by atoms with Crippen molar-refractivity contribution < 1.29 is 5.11 Å². The quantitative estimate of drug-likeness (QED) is 0.563. The van der Waals surface area contributed by atoms with E-state index in [1.807, 2.05) is 6.07 Å². The van der Waals surface area contributed by atoms with Crippen LogP contribution in [-0.4, -0.2) is 34.6 Å². The molecule has 5 heteroatoms. The third kappa shape index (κ3) is 2.38. The summed E-state index contributed by atoms with van der Waals surface area (Å²) in [5.41, 5.74) is 6.55. The minimum Gasteiger partial charge on any atom is -0.389 e. The van der Waals surface area contributed by atoms with Crippen molar-refractivity contribution in [1.82, 2.24) is 4.98 Å². The zero-order chi connectivity index (χ0) is 14.2. The highest BCUT2D eigenvalue weighted by Gasteiger charge is 2.42. The number of rotatable bonds is 2. The fourth-order valence-corrected chi connectivity index (χ4v) is 3.54. The zero-order valence-electron chi connectivity index (χ0n) is 11.7. The Morgan fingerprint density at radius 2 is 2.25 bits per heavy atom. The van der Waals surface area contributed by atoms with Gasteiger partial charge in [0.25, 0.3) is 0 Å². The highest BCUT2D eigenvalue weighted by atomic mass is 16.3. The molecule has 20 heavy (non-hydrogen) atoms. The number of aliphatic hydroxyl groups is 1. The number of nitrogens with one attached hydrogen (secondary N) is 1. The van der Waals surface area contributed by atoms with E-state index >= 15 is 0 Å². The molecule has 1 saturated carbocycles. The summed E-state index contributed by atoms with van der Waals surface area (Å²) in [6.45, 7) is 1.77. The smallest absolute Gasteiger partial charge is 0.141 e. The summed E-state index contributed by atoms with van der Waals surface area (Å²) in [7, 11) is 0. The van der Waals surface area contributed by atoms with Crippen LogP contribution in [0.3, 0.4) is 0 Å². The number of amidine groups is 1. The van der Waals surface area contributed by atoms with Crippen LogP contribution in [0.5, 0.6) is 0 Å². The molecule has 2 fully saturated rings. The fourth-order valence-electron chi connectivity index (χ4n) is 3.54. The number of aromatic nitrogens is 1. The molecule has 4 N–H and O–H groups in total. The first-order valence-corrected chi connectivity index (χ1v) is 7.36. The van der Waals surface area contributed by atoms with Crippen molar-refractivity contribution in [2.75, 3.05) is 18.0 Å². The minimum atomic E-state index is -0.443. The van der Waals surface area contributed by atoms with Crippen molar-refractivity contribution in [2.45, 2.75) is 37.7 Å². The molecule has 0 amide bonds. The average Bonchev–Trinajstić information content (AvgIpc) is 2.46. The fraction of sp³-hybridized carbons (Fsp3) is 0.600. The summed E-state index contributed by atoms with van der Waals surface area (Å²) in [4.78, 5) is 6.51. The molecule has 2 heterocycles. The van der Waals surface area contributed by atoms with Gasteiger partial charge in [0, 0.05) is 19.0 Å². The molecule has 0 aromatic carbocycles. The molecule has 1 aromatic rings. The molecule has 0 bridgehead atoms. The lowest BCUT2D eigenvalue weighted by Gasteiger charge is -2.48. The summed E-state index contributed by atoms with van der Waals surface area (Å²) < 4.78 is 0. The van der Waals surface area contributed by atoms with Crippen molar-refractivity contribution in [3.8, 4) is 0 Å². The summed E-state index contributed by atoms with van der Waals surface area (Å²) in [5.74, 6) is 0.370. The first-order chi connectivity index (χ1) is 9.58. The number of nitrogens with two attached hydrogens (primary N) is 1. The van der Waals surface area contributed by atoms with Crippen LogP contribution in [0, 0.1) is 11.3 Å². The number of pyridine rings is 1. The van der Waals surface area contributed by atoms with E-state index in [9.17, 15) is 5.11 Å². The second-order valence-electron chi connectivity index (χ2n) is 6.06. The number of hydrogen-bond donors (Lipinski definition) is 3. The summed E-state index contributed by atoms with van der Waals surface area (Å²) in [6, 6.07) is 3.76. The number of fused-ring (bicyclic) bond motifs is 1. The van der Waals surface area contributed by atoms with E-state index < -0.39 is 5.60 Å². The molecule has 3 rings (SSSR count). The van der Waals surface area contributed by atoms with E-state index in [1.165, 1.54) is 6.42 Å². The summed E-state index contributed by atoms with van der Waals surface area (Å²) >= 11 is 0. The summed E-state index contributed by atoms with van der Waals surface area (Å²) in [5, 5.41) is 18.1. The van der Waals surface area contributed by atoms with E-state index in [0.717, 1.165) is 44.5 Å². The Hall–Kier alpha value is -1.62. The highest BCUT2D eigenvalue weighted by Crippen LogP contribution is 2.40. The normalized spacial score (nSPS) is 29.9. The van der Waals surface area contributed by atoms with E-state index in [0.29, 0.717) is 11.6 Å². The van der Waals surface area contributed by atoms with Crippen molar-refractivity contribution >= 4 is 11.5 Å². The molecule has 2 unspecified atom stereocenters. The topological polar surface area (TPSA) is 86.2 Å². The van der Waals surface area contributed by atoms with Gasteiger partial charge in [-0.1, -0.05) is 12.8 Å². The Balaban J connectivity index is 1.74. The van der Waals surface area contributed by atoms with Gasteiger partial charge < -0.3 is 15.7 Å². The summed E-state index contributed by atoms with van der Waals surface area (Å²) in [6.07, 6.45) is 7.07. The standard InChI is InChI=1S/C15H22N4O/c16-14(17)13-5-4-12(9-18-13)19-8-7-15(20)6-2-1-3-11(15)10-19/h4-5,9,11,20H,1-3,6-8,10H2,(H3,16,17). The number of anilines is 1. The lowest BCUT2D eigenvalue weighted by molar-refractivity contribution is -0.0612. The Labute approximate surface area is 119 Å². The van der Waals surface area contributed by atoms with Gasteiger partial charge in [0.05, 0.1) is 17.5 Å². The van der Waals surface area contributed by atoms with Crippen LogP contribution in [0.2, 0.25) is 0 Å². The molecule has 2 aliphatic rings. The van der Waals surface area contributed by atoms with Gasteiger partial charge >= 0.3 is 0 Å². The maximum Gasteiger partial charge on any atom is 0.141 e. The molecule has 1 aliphatic heterocycles. The number of hydrogen-bond acceptors (Lipinski definition) is 4. The lowest BCUT2D eigenvalue weighted by atomic mass is 9.71. The van der Waals surface area contributed by atoms with E-state index in [-0.39, 0.29) is 5.84 Å². The number of nitrogens with zero attached hydrogens (tertiary/aromatic N) is 2. The molecular weight excluding hydrogens is 252 g/mol. The van der Waals surface area contributed by atoms with Crippen LogP contribution in [0.1, 0.15) is 37.8 Å². The predicted octanol–water partition coefficient (Wildman–Crippen LogP) is 1.50. The molecule has 1 aliphatic carbocycles. The van der Waals surface area contributed by atoms with Crippen LogP contribution >= 0.6 is 0 Å². The van der Waals surface area contributed by atoms with Crippen LogP contribution < -0.4 is 10.6 Å². The molecule has 1 saturated heterocycles. The number of piperidine rings is 1. The largest absolute Gasteiger partial charge is 0.389 e. The Morgan fingerprint density at radius 3 is 2.95 bits per heavy atom. The number of nitrogen functional groups attached to an aromatic ring is 1. The Bertz CT molecular complexity index is 501. The van der Waals surface area contributed by atoms with E-state index in [1.54, 1.807) is 12.3 Å². The van der Waals surface area contributed by atoms with Gasteiger partial charge in [-0.3, -0.25) is 10.4 Å². The van der Waals surface area contributed by atoms with Gasteiger partial charge in [0.15, 0.2) is 0 Å². The Morgan fingerprint density at radius 1 is 1.40 bits per heavy atom. The predicted molar refractivity (Wildman–Crippen MR) is 79.0 cm³/mol. The Kier molecular flexibility index (Phi) is 3.38. The monoisotopic (exact) mass is 274 g/mol. The molecule has 0 radical (unpaired) electrons. The second kappa shape index (κ2) is 5.05. The molecular formula is C15H22N4O. The van der Waals surface area contributed by atoms with Crippen LogP contribution in [-0.2, 0) is 0 Å². The van der Waals surface area contributed by atoms with E-state index in [4.69, 9.17) is 11.1 Å². The maximum absolute atomic E-state index is 10.7. The van der Waals surface area contributed by atoms with Gasteiger partial charge in [0.2, 0.25) is 0 Å². The van der Waals surface area contributed by atoms with Crippen molar-refractivity contribution in [2.24, 2.45) is 11.7 Å². The molecule has 1 aromatic heterocycles. The van der Waals surface area contributed by atoms with Crippen molar-refractivity contribution in [1.29, 1.82) is 5.41 Å². The van der Waals surface area contributed by atoms with Crippen LogP contribution in [0.15, 0.2) is 18.3 Å². The zero-order valence-corrected chi connectivity index (χ0v) is 11.7. The molecule has 0 spiro atoms. The third-order valence-electron chi connectivity index (χ3n) is 4.82. The van der Waals surface area contributed by atoms with Gasteiger partial charge in [-0.2, -0.15) is 0 Å². The first-order valence-electron chi connectivity index (χ1n) is 7.36. The molecule has 5 nitrogen and oxygen atoms in total. The minimum absolute atomic E-state index is 0.00292. The van der Waals surface area contributed by atoms with Gasteiger partial charge in [0.1, 0.15) is 11.5 Å². The average molecular weight is 274 g/mol. The SMILES string of the molecule is N=C(N)c1ccc(N2CCC3(O)CCCCC3C2)cn1. The maximum atomic E-state index is 10.7. The van der Waals surface area contributed by atoms with Crippen LogP contribution in [0.4, 0.5) is 5.69 Å². The van der Waals surface area contributed by atoms with Crippen molar-refractivity contribution in [3.05, 3.63) is 24.0 Å². The molecule has 2 atom stereocenters. The van der Waals surface area contributed by atoms with E-state index in [2.05, 4.69) is 9.88 Å². The molecule has 108 valence electrons. The second-order valence-corrected chi connectivity index (χ2v) is 6.06. The van der Waals surface area contributed by atoms with Crippen LogP contribution in [0.25, 0.3) is 0 Å². The lowest BCUT2D eigenvalue weighted by Crippen LogP contribution is -2.53. The first kappa shape index (κ1) is 13.4. The third-order valence-corrected chi connectivity index (χ3v) is 4.82. The van der Waals surface area contributed by atoms with Gasteiger partial charge in [-0.15, -0.1) is 0 Å². The highest BCUT2D eigenvalue weighted by molar-refractivity contribution is 5.93. The van der Waals surface area contributed by atoms with Gasteiger partial charge in [-0.25, -0.2) is 0 Å².